The molecule has 22 heavy (non-hydrogen) atoms. The predicted molar refractivity (Wildman–Crippen MR) is 82.7 cm³/mol. The van der Waals surface area contributed by atoms with Crippen molar-refractivity contribution in [1.82, 2.24) is 9.97 Å². The van der Waals surface area contributed by atoms with Crippen LogP contribution in [0.4, 0.5) is 4.39 Å². The molecule has 2 rings (SSSR count). The molecule has 0 bridgehead atoms. The van der Waals surface area contributed by atoms with Crippen LogP contribution in [0, 0.1) is 5.82 Å². The lowest BCUT2D eigenvalue weighted by Gasteiger charge is -2.06. The van der Waals surface area contributed by atoms with Crippen LogP contribution in [0.5, 0.6) is 5.88 Å². The molecule has 7 heteroatoms. The Kier molecular flexibility index (Phi) is 5.97. The summed E-state index contributed by atoms with van der Waals surface area (Å²) in [5.41, 5.74) is 0.752. The molecule has 0 unspecified atom stereocenters. The van der Waals surface area contributed by atoms with E-state index in [9.17, 15) is 14.3 Å². The first kappa shape index (κ1) is 16.5. The number of H-pyrrole nitrogens is 1. The van der Waals surface area contributed by atoms with Crippen LogP contribution in [0.25, 0.3) is 0 Å². The number of aromatic nitrogens is 2. The molecule has 2 N–H and O–H groups in total. The topological polar surface area (TPSA) is 75.2 Å². The molecule has 118 valence electrons. The van der Waals surface area contributed by atoms with Crippen molar-refractivity contribution in [1.29, 1.82) is 0 Å². The molecule has 5 nitrogen and oxygen atoms in total. The highest BCUT2D eigenvalue weighted by molar-refractivity contribution is 7.98. The number of aromatic amines is 1. The third-order valence-corrected chi connectivity index (χ3v) is 3.91. The summed E-state index contributed by atoms with van der Waals surface area (Å²) >= 11 is 1.26. The van der Waals surface area contributed by atoms with Gasteiger partial charge in [0.15, 0.2) is 5.16 Å². The SMILES string of the molecule is CCOCCc1c(O)nc(SCc2ccc(F)cc2)[nH]c1=O. The molecule has 2 aromatic rings. The summed E-state index contributed by atoms with van der Waals surface area (Å²) in [5, 5.41) is 10.2. The second-order valence-electron chi connectivity index (χ2n) is 4.54. The molecule has 0 aliphatic heterocycles. The first-order chi connectivity index (χ1) is 10.6. The highest BCUT2D eigenvalue weighted by Crippen LogP contribution is 2.21. The van der Waals surface area contributed by atoms with E-state index in [4.69, 9.17) is 4.74 Å². The summed E-state index contributed by atoms with van der Waals surface area (Å²) in [7, 11) is 0. The second kappa shape index (κ2) is 7.95. The minimum atomic E-state index is -0.367. The Morgan fingerprint density at radius 3 is 2.73 bits per heavy atom. The predicted octanol–water partition coefficient (Wildman–Crippen LogP) is 2.49. The van der Waals surface area contributed by atoms with Crippen molar-refractivity contribution >= 4 is 11.8 Å². The maximum absolute atomic E-state index is 12.8. The van der Waals surface area contributed by atoms with E-state index in [1.54, 1.807) is 12.1 Å². The maximum Gasteiger partial charge on any atom is 0.258 e. The van der Waals surface area contributed by atoms with Crippen LogP contribution in [-0.2, 0) is 16.9 Å². The largest absolute Gasteiger partial charge is 0.493 e. The third kappa shape index (κ3) is 4.57. The Labute approximate surface area is 131 Å². The first-order valence-corrected chi connectivity index (χ1v) is 7.86. The molecular weight excluding hydrogens is 307 g/mol. The molecule has 1 aromatic carbocycles. The molecule has 0 spiro atoms. The van der Waals surface area contributed by atoms with Gasteiger partial charge >= 0.3 is 0 Å². The number of aromatic hydroxyl groups is 1. The van der Waals surface area contributed by atoms with E-state index in [1.165, 1.54) is 23.9 Å². The van der Waals surface area contributed by atoms with Crippen LogP contribution in [0.15, 0.2) is 34.2 Å². The van der Waals surface area contributed by atoms with Gasteiger partial charge in [0.25, 0.3) is 5.56 Å². The number of hydrogen-bond donors (Lipinski definition) is 2. The van der Waals surface area contributed by atoms with Gasteiger partial charge < -0.3 is 14.8 Å². The van der Waals surface area contributed by atoms with Crippen molar-refractivity contribution < 1.29 is 14.2 Å². The lowest BCUT2D eigenvalue weighted by atomic mass is 10.2. The molecule has 0 aliphatic carbocycles. The standard InChI is InChI=1S/C15H17FN2O3S/c1-2-21-8-7-12-13(19)17-15(18-14(12)20)22-9-10-3-5-11(16)6-4-10/h3-6H,2,7-9H2,1H3,(H2,17,18,19,20). The van der Waals surface area contributed by atoms with E-state index in [1.807, 2.05) is 6.92 Å². The molecule has 0 amide bonds. The number of halogens is 1. The van der Waals surface area contributed by atoms with E-state index in [0.29, 0.717) is 30.5 Å². The van der Waals surface area contributed by atoms with E-state index in [-0.39, 0.29) is 22.8 Å². The Hall–Kier alpha value is -1.86. The van der Waals surface area contributed by atoms with Crippen LogP contribution in [0.3, 0.4) is 0 Å². The van der Waals surface area contributed by atoms with E-state index in [0.717, 1.165) is 5.56 Å². The van der Waals surface area contributed by atoms with E-state index >= 15 is 0 Å². The fourth-order valence-corrected chi connectivity index (χ4v) is 2.62. The maximum atomic E-state index is 12.8. The number of hydrogen-bond acceptors (Lipinski definition) is 5. The highest BCUT2D eigenvalue weighted by Gasteiger charge is 2.11. The third-order valence-electron chi connectivity index (χ3n) is 2.96. The second-order valence-corrected chi connectivity index (χ2v) is 5.50. The van der Waals surface area contributed by atoms with Crippen LogP contribution < -0.4 is 5.56 Å². The van der Waals surface area contributed by atoms with Gasteiger partial charge in [-0.2, -0.15) is 4.98 Å². The fourth-order valence-electron chi connectivity index (χ4n) is 1.81. The van der Waals surface area contributed by atoms with E-state index in [2.05, 4.69) is 9.97 Å². The van der Waals surface area contributed by atoms with Gasteiger partial charge in [0.05, 0.1) is 12.2 Å². The van der Waals surface area contributed by atoms with Crippen molar-refractivity contribution in [2.75, 3.05) is 13.2 Å². The molecular formula is C15H17FN2O3S. The zero-order chi connectivity index (χ0) is 15.9. The van der Waals surface area contributed by atoms with Gasteiger partial charge in [-0.05, 0) is 24.6 Å². The van der Waals surface area contributed by atoms with Crippen molar-refractivity contribution in [3.05, 3.63) is 51.6 Å². The monoisotopic (exact) mass is 324 g/mol. The van der Waals surface area contributed by atoms with Crippen LogP contribution in [0.2, 0.25) is 0 Å². The normalized spacial score (nSPS) is 10.8. The Bertz CT molecular complexity index is 673. The average Bonchev–Trinajstić information content (AvgIpc) is 2.49. The number of thioether (sulfide) groups is 1. The number of ether oxygens (including phenoxy) is 1. The van der Waals surface area contributed by atoms with Crippen LogP contribution in [0.1, 0.15) is 18.1 Å². The Balaban J connectivity index is 2.03. The summed E-state index contributed by atoms with van der Waals surface area (Å²) in [5.74, 6) is -0.0531. The molecule has 1 aromatic heterocycles. The van der Waals surface area contributed by atoms with Gasteiger partial charge in [-0.25, -0.2) is 4.39 Å². The van der Waals surface area contributed by atoms with Gasteiger partial charge in [0.2, 0.25) is 5.88 Å². The molecule has 0 fully saturated rings. The molecule has 0 saturated heterocycles. The van der Waals surface area contributed by atoms with Gasteiger partial charge in [-0.3, -0.25) is 4.79 Å². The first-order valence-electron chi connectivity index (χ1n) is 6.87. The number of nitrogens with zero attached hydrogens (tertiary/aromatic N) is 1. The van der Waals surface area contributed by atoms with Gasteiger partial charge in [-0.1, -0.05) is 23.9 Å². The van der Waals surface area contributed by atoms with Gasteiger partial charge in [0.1, 0.15) is 5.82 Å². The van der Waals surface area contributed by atoms with Gasteiger partial charge in [-0.15, -0.1) is 0 Å². The summed E-state index contributed by atoms with van der Waals surface area (Å²) in [6.45, 7) is 2.77. The zero-order valence-electron chi connectivity index (χ0n) is 12.1. The minimum Gasteiger partial charge on any atom is -0.493 e. The lowest BCUT2D eigenvalue weighted by molar-refractivity contribution is 0.150. The smallest absolute Gasteiger partial charge is 0.258 e. The molecule has 0 saturated carbocycles. The minimum absolute atomic E-state index is 0.222. The Morgan fingerprint density at radius 1 is 1.36 bits per heavy atom. The van der Waals surface area contributed by atoms with Crippen molar-refractivity contribution in [2.24, 2.45) is 0 Å². The molecule has 1 heterocycles. The molecule has 0 radical (unpaired) electrons. The van der Waals surface area contributed by atoms with Crippen LogP contribution >= 0.6 is 11.8 Å². The zero-order valence-corrected chi connectivity index (χ0v) is 13.0. The number of rotatable bonds is 7. The molecule has 0 atom stereocenters. The summed E-state index contributed by atoms with van der Waals surface area (Å²) in [6.07, 6.45) is 0.310. The number of nitrogens with one attached hydrogen (secondary N) is 1. The average molecular weight is 324 g/mol. The van der Waals surface area contributed by atoms with Crippen LogP contribution in [-0.4, -0.2) is 28.3 Å². The summed E-state index contributed by atoms with van der Waals surface area (Å²) in [4.78, 5) is 18.5. The Morgan fingerprint density at radius 2 is 2.09 bits per heavy atom. The van der Waals surface area contributed by atoms with Crippen molar-refractivity contribution in [3.63, 3.8) is 0 Å². The molecule has 0 aliphatic rings. The fraction of sp³-hybridized carbons (Fsp3) is 0.333. The van der Waals surface area contributed by atoms with Crippen molar-refractivity contribution in [3.8, 4) is 5.88 Å². The van der Waals surface area contributed by atoms with Gasteiger partial charge in [0, 0.05) is 18.8 Å². The lowest BCUT2D eigenvalue weighted by Crippen LogP contribution is -2.17. The summed E-state index contributed by atoms with van der Waals surface area (Å²) < 4.78 is 18.0. The summed E-state index contributed by atoms with van der Waals surface area (Å²) in [6, 6.07) is 6.08. The quantitative estimate of drug-likeness (QED) is 0.465. The number of benzene rings is 1. The van der Waals surface area contributed by atoms with E-state index < -0.39 is 0 Å². The highest BCUT2D eigenvalue weighted by atomic mass is 32.2. The van der Waals surface area contributed by atoms with Crippen molar-refractivity contribution in [2.45, 2.75) is 24.3 Å².